The van der Waals surface area contributed by atoms with Gasteiger partial charge in [-0.25, -0.2) is 4.79 Å². The van der Waals surface area contributed by atoms with Crippen molar-refractivity contribution in [2.45, 2.75) is 117 Å². The number of carboxylic acids is 1. The topological polar surface area (TPSA) is 103 Å². The van der Waals surface area contributed by atoms with Gasteiger partial charge < -0.3 is 19.0 Å². The Balaban J connectivity index is 1.63. The summed E-state index contributed by atoms with van der Waals surface area (Å²) in [6.45, 7) is 14.8. The van der Waals surface area contributed by atoms with Gasteiger partial charge in [0.25, 0.3) is 0 Å². The monoisotopic (exact) mass is 554 g/mol. The molecule has 0 aliphatic heterocycles. The first kappa shape index (κ1) is 28.9. The second-order valence-electron chi connectivity index (χ2n) is 14.7. The Morgan fingerprint density at radius 2 is 1.68 bits per heavy atom. The molecule has 4 aliphatic carbocycles. The molecule has 0 amide bonds. The molecule has 1 aromatic heterocycles. The zero-order valence-corrected chi connectivity index (χ0v) is 25.2. The van der Waals surface area contributed by atoms with E-state index in [1.54, 1.807) is 6.92 Å². The van der Waals surface area contributed by atoms with Crippen LogP contribution in [0.5, 0.6) is 0 Å². The van der Waals surface area contributed by atoms with Gasteiger partial charge in [-0.05, 0) is 78.7 Å². The maximum Gasteiger partial charge on any atom is 0.328 e. The van der Waals surface area contributed by atoms with Crippen molar-refractivity contribution in [3.8, 4) is 0 Å². The summed E-state index contributed by atoms with van der Waals surface area (Å²) in [5.41, 5.74) is 2.14. The fourth-order valence-corrected chi connectivity index (χ4v) is 10.8. The largest absolute Gasteiger partial charge is 0.478 e. The molecule has 1 aromatic rings. The second kappa shape index (κ2) is 9.77. The van der Waals surface area contributed by atoms with Crippen LogP contribution in [0.15, 0.2) is 28.6 Å². The smallest absolute Gasteiger partial charge is 0.328 e. The second-order valence-corrected chi connectivity index (χ2v) is 14.7. The van der Waals surface area contributed by atoms with Crippen molar-refractivity contribution in [2.24, 2.45) is 34.0 Å². The average Bonchev–Trinajstić information content (AvgIpc) is 3.26. The predicted octanol–water partition coefficient (Wildman–Crippen LogP) is 6.63. The van der Waals surface area contributed by atoms with Crippen LogP contribution < -0.4 is 0 Å². The number of carbonyl (C=O) groups is 3. The lowest BCUT2D eigenvalue weighted by molar-refractivity contribution is -0.260. The summed E-state index contributed by atoms with van der Waals surface area (Å²) in [7, 11) is 0. The fourth-order valence-electron chi connectivity index (χ4n) is 10.8. The van der Waals surface area contributed by atoms with E-state index in [1.807, 2.05) is 12.5 Å². The van der Waals surface area contributed by atoms with Crippen molar-refractivity contribution in [1.29, 1.82) is 0 Å². The van der Waals surface area contributed by atoms with Gasteiger partial charge in [-0.15, -0.1) is 0 Å². The summed E-state index contributed by atoms with van der Waals surface area (Å²) in [4.78, 5) is 37.1. The maximum absolute atomic E-state index is 13.4. The number of ether oxygens (including phenoxy) is 2. The van der Waals surface area contributed by atoms with Gasteiger partial charge in [0.15, 0.2) is 0 Å². The van der Waals surface area contributed by atoms with Gasteiger partial charge in [-0.3, -0.25) is 9.59 Å². The van der Waals surface area contributed by atoms with E-state index < -0.39 is 5.97 Å². The minimum Gasteiger partial charge on any atom is -0.478 e. The molecule has 220 valence electrons. The van der Waals surface area contributed by atoms with E-state index in [0.29, 0.717) is 17.9 Å². The van der Waals surface area contributed by atoms with Crippen LogP contribution in [0.3, 0.4) is 0 Å². The predicted molar refractivity (Wildman–Crippen MR) is 149 cm³/mol. The van der Waals surface area contributed by atoms with Gasteiger partial charge in [0.1, 0.15) is 12.2 Å². The summed E-state index contributed by atoms with van der Waals surface area (Å²) < 4.78 is 18.4. The van der Waals surface area contributed by atoms with Gasteiger partial charge >= 0.3 is 17.9 Å². The lowest BCUT2D eigenvalue weighted by Gasteiger charge is -2.71. The van der Waals surface area contributed by atoms with Crippen LogP contribution in [-0.2, 0) is 35.7 Å². The Hall–Kier alpha value is -2.57. The number of hydrogen-bond donors (Lipinski definition) is 1. The number of rotatable bonds is 5. The summed E-state index contributed by atoms with van der Waals surface area (Å²) >= 11 is 0. The number of hydrogen-bond acceptors (Lipinski definition) is 6. The van der Waals surface area contributed by atoms with E-state index in [-0.39, 0.29) is 64.1 Å². The molecule has 0 unspecified atom stereocenters. The van der Waals surface area contributed by atoms with Gasteiger partial charge in [0.2, 0.25) is 0 Å². The van der Waals surface area contributed by atoms with E-state index in [1.165, 1.54) is 18.1 Å². The standard InChI is InChI=1S/C33H46O7/c1-19(13-26(35)36)14-27(37)40-24-15-32(6)22-18-38-17-21(22)9-10-25(32)33(7)16-23(39-20(2)34)28-30(3,4)11-8-12-31(28,5)29(24)33/h13,17-18,23-25,28-29H,8-12,14-16H2,1-7H3,(H,35,36)/t23-,24+,25+,28-,29+,31-,32+,33-/m0/s1. The highest BCUT2D eigenvalue weighted by Gasteiger charge is 2.71. The van der Waals surface area contributed by atoms with Crippen molar-refractivity contribution >= 4 is 17.9 Å². The minimum atomic E-state index is -1.07. The lowest BCUT2D eigenvalue weighted by atomic mass is 9.34. The molecule has 0 spiro atoms. The van der Waals surface area contributed by atoms with E-state index in [9.17, 15) is 14.4 Å². The Morgan fingerprint density at radius 3 is 2.35 bits per heavy atom. The van der Waals surface area contributed by atoms with Gasteiger partial charge in [0, 0.05) is 30.3 Å². The number of fused-ring (bicyclic) bond motifs is 7. The van der Waals surface area contributed by atoms with Crippen LogP contribution in [-0.4, -0.2) is 35.2 Å². The Bertz CT molecular complexity index is 1230. The van der Waals surface area contributed by atoms with E-state index in [4.69, 9.17) is 19.0 Å². The van der Waals surface area contributed by atoms with Crippen LogP contribution in [0.1, 0.15) is 105 Å². The quantitative estimate of drug-likeness (QED) is 0.322. The first-order chi connectivity index (χ1) is 18.6. The molecule has 1 N–H and O–H groups in total. The third-order valence-electron chi connectivity index (χ3n) is 11.5. The van der Waals surface area contributed by atoms with Crippen molar-refractivity contribution in [1.82, 2.24) is 0 Å². The van der Waals surface area contributed by atoms with Crippen LogP contribution in [0.4, 0.5) is 0 Å². The number of carbonyl (C=O) groups excluding carboxylic acids is 2. The zero-order valence-electron chi connectivity index (χ0n) is 25.2. The number of esters is 2. The molecule has 40 heavy (non-hydrogen) atoms. The van der Waals surface area contributed by atoms with Crippen LogP contribution >= 0.6 is 0 Å². The van der Waals surface area contributed by atoms with E-state index in [0.717, 1.165) is 44.6 Å². The highest BCUT2D eigenvalue weighted by atomic mass is 16.5. The summed E-state index contributed by atoms with van der Waals surface area (Å²) in [6, 6.07) is 0. The number of aliphatic carboxylic acids is 1. The van der Waals surface area contributed by atoms with Crippen molar-refractivity contribution in [2.75, 3.05) is 0 Å². The Morgan fingerprint density at radius 1 is 0.975 bits per heavy atom. The van der Waals surface area contributed by atoms with E-state index >= 15 is 0 Å². The summed E-state index contributed by atoms with van der Waals surface area (Å²) in [5, 5.41) is 9.17. The third kappa shape index (κ3) is 4.52. The molecule has 0 aromatic carbocycles. The van der Waals surface area contributed by atoms with E-state index in [2.05, 4.69) is 34.6 Å². The molecule has 0 radical (unpaired) electrons. The minimum absolute atomic E-state index is 0.0329. The molecule has 1 heterocycles. The molecule has 3 saturated carbocycles. The van der Waals surface area contributed by atoms with Gasteiger partial charge in [-0.2, -0.15) is 0 Å². The number of carboxylic acid groups (broad SMARTS) is 1. The number of furan rings is 1. The van der Waals surface area contributed by atoms with Crippen molar-refractivity contribution in [3.05, 3.63) is 35.3 Å². The van der Waals surface area contributed by atoms with Crippen LogP contribution in [0.2, 0.25) is 0 Å². The first-order valence-electron chi connectivity index (χ1n) is 14.9. The van der Waals surface area contributed by atoms with Gasteiger partial charge in [0.05, 0.1) is 18.9 Å². The molecule has 8 atom stereocenters. The highest BCUT2D eigenvalue weighted by Crippen LogP contribution is 2.73. The summed E-state index contributed by atoms with van der Waals surface area (Å²) in [6.07, 6.45) is 10.7. The molecular formula is C33H46O7. The normalized spacial score (nSPS) is 40.1. The maximum atomic E-state index is 13.4. The van der Waals surface area contributed by atoms with Crippen LogP contribution in [0, 0.1) is 34.0 Å². The highest BCUT2D eigenvalue weighted by molar-refractivity contribution is 5.82. The number of aryl methyl sites for hydroxylation is 1. The average molecular weight is 555 g/mol. The Kier molecular flexibility index (Phi) is 7.07. The molecule has 7 nitrogen and oxygen atoms in total. The SMILES string of the molecule is CC(=O)O[C@H]1C[C@]2(C)[C@H]([C@H](OC(=O)CC(C)=CC(=O)O)C[C@]3(C)c4cocc4CC[C@@H]23)[C@@]2(C)CCCC(C)(C)[C@H]12. The molecule has 0 saturated heterocycles. The lowest BCUT2D eigenvalue weighted by Crippen LogP contribution is -2.70. The first-order valence-corrected chi connectivity index (χ1v) is 14.9. The van der Waals surface area contributed by atoms with Gasteiger partial charge in [-0.1, -0.05) is 46.6 Å². The molecule has 5 rings (SSSR count). The molecular weight excluding hydrogens is 508 g/mol. The molecule has 0 bridgehead atoms. The third-order valence-corrected chi connectivity index (χ3v) is 11.5. The van der Waals surface area contributed by atoms with Crippen molar-refractivity contribution < 1.29 is 33.4 Å². The zero-order chi connectivity index (χ0) is 29.3. The fraction of sp³-hybridized carbons (Fsp3) is 0.727. The molecule has 7 heteroatoms. The molecule has 4 aliphatic rings. The van der Waals surface area contributed by atoms with Crippen LogP contribution in [0.25, 0.3) is 0 Å². The Labute approximate surface area is 238 Å². The molecule has 3 fully saturated rings. The van der Waals surface area contributed by atoms with Crippen molar-refractivity contribution in [3.63, 3.8) is 0 Å². The summed E-state index contributed by atoms with van der Waals surface area (Å²) in [5.74, 6) is -1.16.